The molecule has 0 aromatic heterocycles. The second kappa shape index (κ2) is 3.05. The topological polar surface area (TPSA) is 46.3 Å². The quantitative estimate of drug-likeness (QED) is 0.606. The van der Waals surface area contributed by atoms with Crippen LogP contribution in [-0.2, 0) is 4.79 Å². The Morgan fingerprint density at radius 1 is 1.17 bits per heavy atom. The van der Waals surface area contributed by atoms with Gasteiger partial charge in [0.1, 0.15) is 0 Å². The molecule has 1 amide bonds. The van der Waals surface area contributed by atoms with Gasteiger partial charge in [-0.05, 0) is 34.6 Å². The van der Waals surface area contributed by atoms with E-state index in [4.69, 9.17) is 5.73 Å². The lowest BCUT2D eigenvalue weighted by molar-refractivity contribution is -0.140. The van der Waals surface area contributed by atoms with Crippen LogP contribution in [0.5, 0.6) is 0 Å². The molecule has 3 nitrogen and oxygen atoms in total. The molecule has 0 saturated carbocycles. The van der Waals surface area contributed by atoms with E-state index >= 15 is 0 Å². The molecule has 0 aromatic rings. The first-order valence-electron chi connectivity index (χ1n) is 4.16. The zero-order chi connectivity index (χ0) is 10.2. The standard InChI is InChI=1S/C9H20N2O/c1-7(12)11(8(2,3)4)9(5,6)10/h10H2,1-6H3. The molecular weight excluding hydrogens is 152 g/mol. The summed E-state index contributed by atoms with van der Waals surface area (Å²) in [7, 11) is 0. The summed E-state index contributed by atoms with van der Waals surface area (Å²) in [6, 6.07) is 0. The summed E-state index contributed by atoms with van der Waals surface area (Å²) in [6.07, 6.45) is 0. The Labute approximate surface area is 74.9 Å². The Bertz CT molecular complexity index is 160. The number of amides is 1. The van der Waals surface area contributed by atoms with Crippen LogP contribution in [0, 0.1) is 0 Å². The van der Waals surface area contributed by atoms with Crippen molar-refractivity contribution in [2.75, 3.05) is 0 Å². The molecule has 0 aliphatic carbocycles. The van der Waals surface area contributed by atoms with E-state index in [1.54, 1.807) is 11.8 Å². The Balaban J connectivity index is 4.82. The molecule has 0 rings (SSSR count). The van der Waals surface area contributed by atoms with Crippen LogP contribution in [0.15, 0.2) is 0 Å². The van der Waals surface area contributed by atoms with Gasteiger partial charge in [0.15, 0.2) is 0 Å². The Morgan fingerprint density at radius 2 is 1.50 bits per heavy atom. The number of nitrogens with zero attached hydrogens (tertiary/aromatic N) is 1. The van der Waals surface area contributed by atoms with Gasteiger partial charge in [-0.3, -0.25) is 4.79 Å². The molecule has 0 heterocycles. The van der Waals surface area contributed by atoms with Crippen LogP contribution in [0.25, 0.3) is 0 Å². The minimum Gasteiger partial charge on any atom is -0.321 e. The molecule has 0 atom stereocenters. The SMILES string of the molecule is CC(=O)N(C(C)(C)C)C(C)(C)N. The van der Waals surface area contributed by atoms with Crippen molar-refractivity contribution in [1.82, 2.24) is 4.90 Å². The highest BCUT2D eigenvalue weighted by molar-refractivity contribution is 5.74. The first-order chi connectivity index (χ1) is 5.07. The van der Waals surface area contributed by atoms with E-state index in [0.29, 0.717) is 0 Å². The summed E-state index contributed by atoms with van der Waals surface area (Å²) in [6.45, 7) is 11.1. The molecule has 0 radical (unpaired) electrons. The maximum Gasteiger partial charge on any atom is 0.221 e. The lowest BCUT2D eigenvalue weighted by atomic mass is 10.0. The molecule has 72 valence electrons. The van der Waals surface area contributed by atoms with Crippen LogP contribution in [0.3, 0.4) is 0 Å². The van der Waals surface area contributed by atoms with Crippen LogP contribution >= 0.6 is 0 Å². The van der Waals surface area contributed by atoms with Crippen LogP contribution in [0.2, 0.25) is 0 Å². The fourth-order valence-corrected chi connectivity index (χ4v) is 1.74. The summed E-state index contributed by atoms with van der Waals surface area (Å²) in [5.74, 6) is 0.00926. The summed E-state index contributed by atoms with van der Waals surface area (Å²) in [5, 5.41) is 0. The zero-order valence-corrected chi connectivity index (χ0v) is 8.93. The van der Waals surface area contributed by atoms with E-state index < -0.39 is 5.66 Å². The van der Waals surface area contributed by atoms with Gasteiger partial charge in [0.2, 0.25) is 5.91 Å². The second-order valence-electron chi connectivity index (χ2n) is 4.68. The van der Waals surface area contributed by atoms with E-state index in [1.807, 2.05) is 34.6 Å². The minimum absolute atomic E-state index is 0.00926. The fourth-order valence-electron chi connectivity index (χ4n) is 1.74. The number of nitrogens with two attached hydrogens (primary N) is 1. The van der Waals surface area contributed by atoms with Gasteiger partial charge in [-0.1, -0.05) is 0 Å². The molecule has 0 aromatic carbocycles. The van der Waals surface area contributed by atoms with E-state index in [-0.39, 0.29) is 11.4 Å². The number of hydrogen-bond donors (Lipinski definition) is 1. The van der Waals surface area contributed by atoms with Crippen LogP contribution in [-0.4, -0.2) is 22.0 Å². The summed E-state index contributed by atoms with van der Waals surface area (Å²) in [5.41, 5.74) is 5.06. The molecule has 2 N–H and O–H groups in total. The Hall–Kier alpha value is -0.570. The van der Waals surface area contributed by atoms with Gasteiger partial charge in [-0.25, -0.2) is 0 Å². The molecule has 0 saturated heterocycles. The molecule has 0 bridgehead atoms. The summed E-state index contributed by atoms with van der Waals surface area (Å²) >= 11 is 0. The highest BCUT2D eigenvalue weighted by Gasteiger charge is 2.33. The monoisotopic (exact) mass is 172 g/mol. The van der Waals surface area contributed by atoms with Crippen molar-refractivity contribution in [2.24, 2.45) is 5.73 Å². The predicted molar refractivity (Wildman–Crippen MR) is 50.5 cm³/mol. The van der Waals surface area contributed by atoms with Gasteiger partial charge in [0.05, 0.1) is 5.66 Å². The first kappa shape index (κ1) is 11.4. The summed E-state index contributed by atoms with van der Waals surface area (Å²) < 4.78 is 0. The molecule has 0 unspecified atom stereocenters. The Morgan fingerprint density at radius 3 is 1.50 bits per heavy atom. The molecular formula is C9H20N2O. The molecule has 0 fully saturated rings. The van der Waals surface area contributed by atoms with Gasteiger partial charge in [-0.2, -0.15) is 0 Å². The first-order valence-corrected chi connectivity index (χ1v) is 4.16. The van der Waals surface area contributed by atoms with Crippen LogP contribution in [0.1, 0.15) is 41.5 Å². The van der Waals surface area contributed by atoms with Crippen LogP contribution < -0.4 is 5.73 Å². The van der Waals surface area contributed by atoms with Gasteiger partial charge in [0, 0.05) is 12.5 Å². The molecule has 12 heavy (non-hydrogen) atoms. The number of rotatable bonds is 1. The normalized spacial score (nSPS) is 12.9. The largest absolute Gasteiger partial charge is 0.321 e. The smallest absolute Gasteiger partial charge is 0.221 e. The average molecular weight is 172 g/mol. The highest BCUT2D eigenvalue weighted by atomic mass is 16.2. The average Bonchev–Trinajstić information content (AvgIpc) is 1.49. The van der Waals surface area contributed by atoms with Crippen molar-refractivity contribution in [3.05, 3.63) is 0 Å². The number of carbonyl (C=O) groups excluding carboxylic acids is 1. The molecule has 3 heteroatoms. The van der Waals surface area contributed by atoms with Gasteiger partial charge < -0.3 is 10.6 Å². The molecule has 0 aliphatic heterocycles. The van der Waals surface area contributed by atoms with E-state index in [1.165, 1.54) is 0 Å². The van der Waals surface area contributed by atoms with Crippen molar-refractivity contribution < 1.29 is 4.79 Å². The van der Waals surface area contributed by atoms with Crippen molar-refractivity contribution >= 4 is 5.91 Å². The predicted octanol–water partition coefficient (Wildman–Crippen LogP) is 1.33. The van der Waals surface area contributed by atoms with Crippen molar-refractivity contribution in [3.8, 4) is 0 Å². The third-order valence-corrected chi connectivity index (χ3v) is 1.56. The second-order valence-corrected chi connectivity index (χ2v) is 4.68. The fraction of sp³-hybridized carbons (Fsp3) is 0.889. The van der Waals surface area contributed by atoms with Gasteiger partial charge >= 0.3 is 0 Å². The minimum atomic E-state index is -0.593. The highest BCUT2D eigenvalue weighted by Crippen LogP contribution is 2.20. The Kier molecular flexibility index (Phi) is 2.91. The van der Waals surface area contributed by atoms with Crippen molar-refractivity contribution in [1.29, 1.82) is 0 Å². The van der Waals surface area contributed by atoms with Crippen molar-refractivity contribution in [2.45, 2.75) is 52.7 Å². The third-order valence-electron chi connectivity index (χ3n) is 1.56. The van der Waals surface area contributed by atoms with Gasteiger partial charge in [0.25, 0.3) is 0 Å². The third kappa shape index (κ3) is 2.81. The van der Waals surface area contributed by atoms with Crippen molar-refractivity contribution in [3.63, 3.8) is 0 Å². The number of hydrogen-bond acceptors (Lipinski definition) is 2. The lowest BCUT2D eigenvalue weighted by Crippen LogP contribution is -2.60. The molecule has 0 spiro atoms. The van der Waals surface area contributed by atoms with E-state index in [2.05, 4.69) is 0 Å². The lowest BCUT2D eigenvalue weighted by Gasteiger charge is -2.44. The maximum absolute atomic E-state index is 11.3. The van der Waals surface area contributed by atoms with E-state index in [9.17, 15) is 4.79 Å². The van der Waals surface area contributed by atoms with E-state index in [0.717, 1.165) is 0 Å². The zero-order valence-electron chi connectivity index (χ0n) is 8.93. The summed E-state index contributed by atoms with van der Waals surface area (Å²) in [4.78, 5) is 13.0. The van der Waals surface area contributed by atoms with Gasteiger partial charge in [-0.15, -0.1) is 0 Å². The number of carbonyl (C=O) groups is 1. The van der Waals surface area contributed by atoms with Crippen LogP contribution in [0.4, 0.5) is 0 Å². The molecule has 0 aliphatic rings. The maximum atomic E-state index is 11.3.